The quantitative estimate of drug-likeness (QED) is 0.196. The van der Waals surface area contributed by atoms with Gasteiger partial charge in [-0.15, -0.1) is 0 Å². The van der Waals surface area contributed by atoms with E-state index in [4.69, 9.17) is 4.74 Å². The molecule has 0 fully saturated rings. The van der Waals surface area contributed by atoms with E-state index in [-0.39, 0.29) is 22.9 Å². The first-order valence-corrected chi connectivity index (χ1v) is 11.4. The number of nitrogens with one attached hydrogen (secondary N) is 1. The number of carbonyl (C=O) groups excluding carboxylic acids is 1. The molecule has 0 radical (unpaired) electrons. The van der Waals surface area contributed by atoms with Gasteiger partial charge in [-0.2, -0.15) is 0 Å². The van der Waals surface area contributed by atoms with Crippen LogP contribution in [0.25, 0.3) is 0 Å². The molecule has 2 aromatic carbocycles. The fourth-order valence-electron chi connectivity index (χ4n) is 2.58. The van der Waals surface area contributed by atoms with Crippen molar-refractivity contribution in [1.82, 2.24) is 0 Å². The van der Waals surface area contributed by atoms with Gasteiger partial charge < -0.3 is 19.2 Å². The van der Waals surface area contributed by atoms with Crippen molar-refractivity contribution in [2.45, 2.75) is 19.1 Å². The van der Waals surface area contributed by atoms with Gasteiger partial charge in [0.05, 0.1) is 11.5 Å². The lowest BCUT2D eigenvalue weighted by Crippen LogP contribution is -2.34. The summed E-state index contributed by atoms with van der Waals surface area (Å²) < 4.78 is 80.2. The number of carbonyl (C=O) groups is 1. The van der Waals surface area contributed by atoms with E-state index in [1.807, 2.05) is 0 Å². The number of nitro groups is 1. The van der Waals surface area contributed by atoms with Gasteiger partial charge in [-0.25, -0.2) is 16.8 Å². The van der Waals surface area contributed by atoms with Crippen LogP contribution in [-0.4, -0.2) is 49.5 Å². The van der Waals surface area contributed by atoms with Crippen LogP contribution in [0.5, 0.6) is 5.75 Å². The van der Waals surface area contributed by atoms with Crippen LogP contribution in [0.15, 0.2) is 48.5 Å². The third-order valence-corrected chi connectivity index (χ3v) is 4.73. The molecule has 1 N–H and O–H groups in total. The topological polar surface area (TPSA) is 214 Å². The minimum atomic E-state index is -5.44. The number of anilines is 1. The minimum Gasteiger partial charge on any atom is -0.726 e. The van der Waals surface area contributed by atoms with Gasteiger partial charge >= 0.3 is 0 Å². The van der Waals surface area contributed by atoms with Crippen molar-refractivity contribution in [3.8, 4) is 5.75 Å². The molecule has 0 heterocycles. The Morgan fingerprint density at radius 1 is 1.00 bits per heavy atom. The van der Waals surface area contributed by atoms with Crippen LogP contribution >= 0.6 is 0 Å². The molecule has 180 valence electrons. The van der Waals surface area contributed by atoms with Crippen molar-refractivity contribution in [1.29, 1.82) is 0 Å². The summed E-state index contributed by atoms with van der Waals surface area (Å²) in [5.41, 5.74) is 0.0778. The van der Waals surface area contributed by atoms with E-state index >= 15 is 0 Å². The summed E-state index contributed by atoms with van der Waals surface area (Å²) in [6, 6.07) is 9.90. The SMILES string of the molecule is CC(=O)Nc1ccc(OC(c2ccc([N+](=O)[O-])cc2)C(COS(=O)(=O)[O-])OS(=O)(=O)[O-])cc1. The molecule has 0 aliphatic heterocycles. The molecule has 1 amide bonds. The molecule has 0 aliphatic rings. The molecule has 0 saturated carbocycles. The van der Waals surface area contributed by atoms with E-state index in [9.17, 15) is 40.8 Å². The zero-order valence-corrected chi connectivity index (χ0v) is 18.3. The lowest BCUT2D eigenvalue weighted by Gasteiger charge is -2.29. The Bertz CT molecular complexity index is 1200. The lowest BCUT2D eigenvalue weighted by atomic mass is 10.0. The number of benzene rings is 2. The highest BCUT2D eigenvalue weighted by Crippen LogP contribution is 2.30. The van der Waals surface area contributed by atoms with E-state index in [2.05, 4.69) is 13.7 Å². The Labute approximate surface area is 188 Å². The summed E-state index contributed by atoms with van der Waals surface area (Å²) in [6.07, 6.45) is -3.56. The van der Waals surface area contributed by atoms with Crippen molar-refractivity contribution in [3.63, 3.8) is 0 Å². The average Bonchev–Trinajstić information content (AvgIpc) is 2.69. The first-order chi connectivity index (χ1) is 15.2. The second-order valence-corrected chi connectivity index (χ2v) is 8.39. The van der Waals surface area contributed by atoms with Crippen LogP contribution < -0.4 is 10.1 Å². The Morgan fingerprint density at radius 3 is 2.03 bits per heavy atom. The third kappa shape index (κ3) is 9.08. The molecule has 0 saturated heterocycles. The fourth-order valence-corrected chi connectivity index (χ4v) is 3.34. The van der Waals surface area contributed by atoms with E-state index in [1.165, 1.54) is 31.2 Å². The van der Waals surface area contributed by atoms with Crippen molar-refractivity contribution in [2.24, 2.45) is 0 Å². The van der Waals surface area contributed by atoms with Gasteiger partial charge in [0.1, 0.15) is 11.9 Å². The van der Waals surface area contributed by atoms with Crippen LogP contribution in [0.4, 0.5) is 11.4 Å². The first kappa shape index (κ1) is 26.1. The Kier molecular flexibility index (Phi) is 8.42. The number of hydrogen-bond acceptors (Lipinski definition) is 12. The number of nitro benzene ring substituents is 1. The van der Waals surface area contributed by atoms with Crippen LogP contribution in [-0.2, 0) is 34.0 Å². The molecule has 0 spiro atoms. The van der Waals surface area contributed by atoms with Crippen LogP contribution in [0.2, 0.25) is 0 Å². The summed E-state index contributed by atoms with van der Waals surface area (Å²) in [6.45, 7) is 0.0589. The Balaban J connectivity index is 2.45. The number of ether oxygens (including phenoxy) is 1. The van der Waals surface area contributed by atoms with Crippen molar-refractivity contribution in [3.05, 3.63) is 64.2 Å². The highest BCUT2D eigenvalue weighted by Gasteiger charge is 2.30. The van der Waals surface area contributed by atoms with Crippen molar-refractivity contribution in [2.75, 3.05) is 11.9 Å². The molecule has 33 heavy (non-hydrogen) atoms. The predicted octanol–water partition coefficient (Wildman–Crippen LogP) is 0.995. The van der Waals surface area contributed by atoms with Crippen molar-refractivity contribution < 1.29 is 48.8 Å². The molecular formula is C17H16N2O12S2-2. The third-order valence-electron chi connectivity index (χ3n) is 3.83. The normalized spacial score (nSPS) is 13.7. The van der Waals surface area contributed by atoms with Crippen LogP contribution in [0, 0.1) is 10.1 Å². The Morgan fingerprint density at radius 2 is 1.58 bits per heavy atom. The van der Waals surface area contributed by atoms with E-state index in [0.29, 0.717) is 5.69 Å². The zero-order chi connectivity index (χ0) is 24.8. The molecule has 0 bridgehead atoms. The average molecular weight is 504 g/mol. The van der Waals surface area contributed by atoms with Gasteiger partial charge in [0.25, 0.3) is 5.69 Å². The summed E-state index contributed by atoms with van der Waals surface area (Å²) in [7, 11) is -10.8. The van der Waals surface area contributed by atoms with Gasteiger partial charge in [0.15, 0.2) is 6.10 Å². The van der Waals surface area contributed by atoms with Gasteiger partial charge in [0.2, 0.25) is 26.7 Å². The molecule has 14 nitrogen and oxygen atoms in total. The molecule has 2 unspecified atom stereocenters. The van der Waals surface area contributed by atoms with E-state index < -0.39 is 44.5 Å². The zero-order valence-electron chi connectivity index (χ0n) is 16.6. The number of hydrogen-bond donors (Lipinski definition) is 1. The second kappa shape index (κ2) is 10.6. The number of non-ortho nitro benzene ring substituents is 1. The monoisotopic (exact) mass is 504 g/mol. The van der Waals surface area contributed by atoms with Gasteiger partial charge in [-0.05, 0) is 42.0 Å². The van der Waals surface area contributed by atoms with Crippen LogP contribution in [0.1, 0.15) is 18.6 Å². The number of rotatable bonds is 11. The second-order valence-electron chi connectivity index (χ2n) is 6.33. The van der Waals surface area contributed by atoms with Gasteiger partial charge in [-0.3, -0.25) is 23.3 Å². The molecule has 2 atom stereocenters. The number of amides is 1. The van der Waals surface area contributed by atoms with E-state index in [1.54, 1.807) is 0 Å². The molecule has 0 aromatic heterocycles. The molecule has 2 aromatic rings. The van der Waals surface area contributed by atoms with Gasteiger partial charge in [0, 0.05) is 24.7 Å². The van der Waals surface area contributed by atoms with Crippen molar-refractivity contribution >= 4 is 38.1 Å². The molecular weight excluding hydrogens is 488 g/mol. The summed E-state index contributed by atoms with van der Waals surface area (Å²) in [5.74, 6) is -0.313. The number of nitrogens with zero attached hydrogens (tertiary/aromatic N) is 1. The maximum Gasteiger partial charge on any atom is 0.269 e. The lowest BCUT2D eigenvalue weighted by molar-refractivity contribution is -0.384. The highest BCUT2D eigenvalue weighted by atomic mass is 32.3. The molecule has 2 rings (SSSR count). The predicted molar refractivity (Wildman–Crippen MR) is 107 cm³/mol. The minimum absolute atomic E-state index is 0.0204. The molecule has 0 aliphatic carbocycles. The Hall–Kier alpha value is -3.15. The van der Waals surface area contributed by atoms with Crippen LogP contribution in [0.3, 0.4) is 0 Å². The maximum atomic E-state index is 11.2. The largest absolute Gasteiger partial charge is 0.726 e. The summed E-state index contributed by atoms with van der Waals surface area (Å²) >= 11 is 0. The molecule has 16 heteroatoms. The highest BCUT2D eigenvalue weighted by molar-refractivity contribution is 7.81. The maximum absolute atomic E-state index is 11.2. The van der Waals surface area contributed by atoms with E-state index in [0.717, 1.165) is 24.3 Å². The summed E-state index contributed by atoms with van der Waals surface area (Å²) in [5, 5.41) is 13.4. The first-order valence-electron chi connectivity index (χ1n) is 8.76. The smallest absolute Gasteiger partial charge is 0.269 e. The van der Waals surface area contributed by atoms with Gasteiger partial charge in [-0.1, -0.05) is 0 Å². The fraction of sp³-hybridized carbons (Fsp3) is 0.235. The standard InChI is InChI=1S/C17H18N2O12S2/c1-11(20)18-13-4-8-15(9-5-13)30-17(12-2-6-14(7-3-12)19(21)22)16(31-33(26,27)28)10-29-32(23,24)25/h2-9,16-17H,10H2,1H3,(H,18,20)(H,23,24,25)(H,26,27,28)/p-2. The summed E-state index contributed by atoms with van der Waals surface area (Å²) in [4.78, 5) is 21.3.